The van der Waals surface area contributed by atoms with Crippen molar-refractivity contribution in [2.24, 2.45) is 0 Å². The van der Waals surface area contributed by atoms with Crippen LogP contribution in [-0.2, 0) is 14.8 Å². The van der Waals surface area contributed by atoms with Crippen LogP contribution in [0.4, 0.5) is 5.69 Å². The highest BCUT2D eigenvalue weighted by atomic mass is 32.2. The van der Waals surface area contributed by atoms with Crippen molar-refractivity contribution < 1.29 is 32.2 Å². The van der Waals surface area contributed by atoms with Gasteiger partial charge in [0, 0.05) is 6.54 Å². The van der Waals surface area contributed by atoms with Gasteiger partial charge < -0.3 is 19.5 Å². The highest BCUT2D eigenvalue weighted by Gasteiger charge is 2.22. The van der Waals surface area contributed by atoms with Gasteiger partial charge in [0.05, 0.1) is 43.0 Å². The minimum atomic E-state index is -4.11. The molecule has 0 aliphatic rings. The third-order valence-corrected chi connectivity index (χ3v) is 5.29. The van der Waals surface area contributed by atoms with Gasteiger partial charge in [-0.1, -0.05) is 0 Å². The van der Waals surface area contributed by atoms with E-state index in [4.69, 9.17) is 9.47 Å². The first-order chi connectivity index (χ1) is 13.8. The van der Waals surface area contributed by atoms with Gasteiger partial charge in [0.25, 0.3) is 15.9 Å². The molecule has 2 rings (SSSR count). The molecule has 0 aliphatic heterocycles. The van der Waals surface area contributed by atoms with Gasteiger partial charge in [-0.2, -0.15) is 0 Å². The molecule has 2 N–H and O–H groups in total. The van der Waals surface area contributed by atoms with E-state index in [1.54, 1.807) is 6.92 Å². The fourth-order valence-corrected chi connectivity index (χ4v) is 3.61. The standard InChI is InChI=1S/C19H22N2O7S/c1-5-20-18(22)14-11-13(7-9-16(14)26-2)29(24,25)21-15-10-12(19(23)28-4)6-8-17(15)27-3/h6-11,21H,5H2,1-4H3,(H,20,22). The van der Waals surface area contributed by atoms with E-state index >= 15 is 0 Å². The third-order valence-electron chi connectivity index (χ3n) is 3.93. The van der Waals surface area contributed by atoms with Crippen molar-refractivity contribution in [3.63, 3.8) is 0 Å². The molecule has 0 bridgehead atoms. The molecule has 0 spiro atoms. The summed E-state index contributed by atoms with van der Waals surface area (Å²) in [5, 5.41) is 2.60. The number of amides is 1. The molecule has 2 aromatic carbocycles. The Morgan fingerprint density at radius 1 is 0.966 bits per heavy atom. The van der Waals surface area contributed by atoms with Crippen molar-refractivity contribution in [2.75, 3.05) is 32.6 Å². The molecule has 156 valence electrons. The van der Waals surface area contributed by atoms with Gasteiger partial charge in [-0.15, -0.1) is 0 Å². The number of hydrogen-bond acceptors (Lipinski definition) is 7. The summed E-state index contributed by atoms with van der Waals surface area (Å²) in [6.07, 6.45) is 0. The molecule has 0 aliphatic carbocycles. The fourth-order valence-electron chi connectivity index (χ4n) is 2.52. The fraction of sp³-hybridized carbons (Fsp3) is 0.263. The average Bonchev–Trinajstić information content (AvgIpc) is 2.72. The molecule has 10 heteroatoms. The van der Waals surface area contributed by atoms with Crippen LogP contribution in [0.2, 0.25) is 0 Å². The number of hydrogen-bond donors (Lipinski definition) is 2. The zero-order chi connectivity index (χ0) is 21.6. The third kappa shape index (κ3) is 4.96. The molecule has 0 unspecified atom stereocenters. The number of esters is 1. The Labute approximate surface area is 169 Å². The van der Waals surface area contributed by atoms with E-state index < -0.39 is 21.9 Å². The van der Waals surface area contributed by atoms with E-state index in [2.05, 4.69) is 14.8 Å². The molecule has 0 saturated carbocycles. The minimum Gasteiger partial charge on any atom is -0.496 e. The highest BCUT2D eigenvalue weighted by Crippen LogP contribution is 2.29. The molecule has 9 nitrogen and oxygen atoms in total. The minimum absolute atomic E-state index is 0.0470. The zero-order valence-electron chi connectivity index (χ0n) is 16.4. The van der Waals surface area contributed by atoms with Crippen LogP contribution in [-0.4, -0.2) is 48.2 Å². The van der Waals surface area contributed by atoms with Gasteiger partial charge in [0.1, 0.15) is 11.5 Å². The predicted molar refractivity (Wildman–Crippen MR) is 106 cm³/mol. The molecule has 29 heavy (non-hydrogen) atoms. The first-order valence-electron chi connectivity index (χ1n) is 8.52. The maximum Gasteiger partial charge on any atom is 0.337 e. The van der Waals surface area contributed by atoms with Gasteiger partial charge in [-0.3, -0.25) is 9.52 Å². The summed E-state index contributed by atoms with van der Waals surface area (Å²) in [5.41, 5.74) is 0.266. The number of carbonyl (C=O) groups is 2. The van der Waals surface area contributed by atoms with E-state index in [9.17, 15) is 18.0 Å². The number of anilines is 1. The van der Waals surface area contributed by atoms with Gasteiger partial charge in [-0.25, -0.2) is 13.2 Å². The van der Waals surface area contributed by atoms with Crippen LogP contribution < -0.4 is 19.5 Å². The van der Waals surface area contributed by atoms with Gasteiger partial charge >= 0.3 is 5.97 Å². The maximum absolute atomic E-state index is 12.9. The van der Waals surface area contributed by atoms with Crippen molar-refractivity contribution in [1.29, 1.82) is 0 Å². The lowest BCUT2D eigenvalue weighted by molar-refractivity contribution is 0.0600. The summed E-state index contributed by atoms with van der Waals surface area (Å²) >= 11 is 0. The van der Waals surface area contributed by atoms with E-state index in [0.29, 0.717) is 6.54 Å². The Bertz CT molecular complexity index is 1020. The van der Waals surface area contributed by atoms with E-state index in [1.807, 2.05) is 0 Å². The smallest absolute Gasteiger partial charge is 0.337 e. The Balaban J connectivity index is 2.47. The molecular formula is C19H22N2O7S. The van der Waals surface area contributed by atoms with Crippen molar-refractivity contribution in [1.82, 2.24) is 5.32 Å². The second-order valence-electron chi connectivity index (χ2n) is 5.73. The van der Waals surface area contributed by atoms with Crippen molar-refractivity contribution >= 4 is 27.6 Å². The average molecular weight is 422 g/mol. The second-order valence-corrected chi connectivity index (χ2v) is 7.42. The molecule has 2 aromatic rings. The molecular weight excluding hydrogens is 400 g/mol. The highest BCUT2D eigenvalue weighted by molar-refractivity contribution is 7.92. The molecule has 0 atom stereocenters. The van der Waals surface area contributed by atoms with E-state index in [1.165, 1.54) is 57.7 Å². The summed E-state index contributed by atoms with van der Waals surface area (Å²) in [5.74, 6) is -0.651. The number of benzene rings is 2. The Hall–Kier alpha value is -3.27. The number of nitrogens with one attached hydrogen (secondary N) is 2. The van der Waals surface area contributed by atoms with Crippen LogP contribution >= 0.6 is 0 Å². The van der Waals surface area contributed by atoms with Crippen LogP contribution in [0.25, 0.3) is 0 Å². The maximum atomic E-state index is 12.9. The van der Waals surface area contributed by atoms with Gasteiger partial charge in [0.2, 0.25) is 0 Å². The molecule has 0 saturated heterocycles. The van der Waals surface area contributed by atoms with Crippen molar-refractivity contribution in [3.05, 3.63) is 47.5 Å². The van der Waals surface area contributed by atoms with Crippen molar-refractivity contribution in [2.45, 2.75) is 11.8 Å². The predicted octanol–water partition coefficient (Wildman–Crippen LogP) is 2.04. The Morgan fingerprint density at radius 3 is 2.21 bits per heavy atom. The first-order valence-corrected chi connectivity index (χ1v) is 10.0. The lowest BCUT2D eigenvalue weighted by atomic mass is 10.2. The summed E-state index contributed by atoms with van der Waals surface area (Å²) < 4.78 is 43.1. The van der Waals surface area contributed by atoms with E-state index in [-0.39, 0.29) is 33.2 Å². The normalized spacial score (nSPS) is 10.8. The van der Waals surface area contributed by atoms with Gasteiger partial charge in [0.15, 0.2) is 0 Å². The van der Waals surface area contributed by atoms with Crippen LogP contribution in [0, 0.1) is 0 Å². The molecule has 0 heterocycles. The summed E-state index contributed by atoms with van der Waals surface area (Å²) in [6, 6.07) is 8.10. The number of sulfonamides is 1. The molecule has 0 aromatic heterocycles. The summed E-state index contributed by atoms with van der Waals surface area (Å²) in [7, 11) is -0.141. The Kier molecular flexibility index (Phi) is 7.05. The van der Waals surface area contributed by atoms with Crippen LogP contribution in [0.1, 0.15) is 27.6 Å². The molecule has 0 fully saturated rings. The number of ether oxygens (including phenoxy) is 3. The van der Waals surface area contributed by atoms with Crippen molar-refractivity contribution in [3.8, 4) is 11.5 Å². The zero-order valence-corrected chi connectivity index (χ0v) is 17.3. The summed E-state index contributed by atoms with van der Waals surface area (Å²) in [6.45, 7) is 2.11. The topological polar surface area (TPSA) is 120 Å². The quantitative estimate of drug-likeness (QED) is 0.625. The number of rotatable bonds is 8. The first kappa shape index (κ1) is 22.0. The van der Waals surface area contributed by atoms with Gasteiger partial charge in [-0.05, 0) is 43.3 Å². The second kappa shape index (κ2) is 9.28. The number of methoxy groups -OCH3 is 3. The Morgan fingerprint density at radius 2 is 1.62 bits per heavy atom. The largest absolute Gasteiger partial charge is 0.496 e. The van der Waals surface area contributed by atoms with E-state index in [0.717, 1.165) is 0 Å². The lowest BCUT2D eigenvalue weighted by Crippen LogP contribution is -2.24. The molecule has 0 radical (unpaired) electrons. The monoisotopic (exact) mass is 422 g/mol. The number of carbonyl (C=O) groups excluding carboxylic acids is 2. The van der Waals surface area contributed by atoms with Crippen LogP contribution in [0.5, 0.6) is 11.5 Å². The SMILES string of the molecule is CCNC(=O)c1cc(S(=O)(=O)Nc2cc(C(=O)OC)ccc2OC)ccc1OC. The van der Waals surface area contributed by atoms with Crippen LogP contribution in [0.3, 0.4) is 0 Å². The lowest BCUT2D eigenvalue weighted by Gasteiger charge is -2.14. The molecule has 1 amide bonds. The van der Waals surface area contributed by atoms with Crippen LogP contribution in [0.15, 0.2) is 41.3 Å². The summed E-state index contributed by atoms with van der Waals surface area (Å²) in [4.78, 5) is 23.8.